The summed E-state index contributed by atoms with van der Waals surface area (Å²) in [7, 11) is -3.87. The number of aromatic amines is 1. The Kier molecular flexibility index (Phi) is 3.88. The Hall–Kier alpha value is -1.45. The Bertz CT molecular complexity index is 567. The number of carbonyl (C=O) groups is 1. The number of sulfonamides is 1. The van der Waals surface area contributed by atoms with Crippen molar-refractivity contribution in [1.82, 2.24) is 14.5 Å². The number of carbonyl (C=O) groups excluding carboxylic acids is 1. The first-order valence-corrected chi connectivity index (χ1v) is 7.29. The van der Waals surface area contributed by atoms with Crippen molar-refractivity contribution in [2.75, 3.05) is 19.7 Å². The molecule has 9 heteroatoms. The third kappa shape index (κ3) is 2.62. The molecular formula is C10H15N3O5S. The van der Waals surface area contributed by atoms with Gasteiger partial charge in [0.1, 0.15) is 5.56 Å². The zero-order chi connectivity index (χ0) is 14.0. The molecule has 0 radical (unpaired) electrons. The van der Waals surface area contributed by atoms with Crippen LogP contribution in [0.25, 0.3) is 0 Å². The normalized spacial score (nSPS) is 20.6. The van der Waals surface area contributed by atoms with E-state index in [0.717, 1.165) is 10.5 Å². The van der Waals surface area contributed by atoms with Gasteiger partial charge in [-0.2, -0.15) is 9.40 Å². The van der Waals surface area contributed by atoms with E-state index in [2.05, 4.69) is 10.2 Å². The van der Waals surface area contributed by atoms with E-state index in [1.54, 1.807) is 6.92 Å². The number of ether oxygens (including phenoxy) is 1. The molecule has 2 heterocycles. The highest BCUT2D eigenvalue weighted by atomic mass is 32.2. The Morgan fingerprint density at radius 3 is 3.00 bits per heavy atom. The lowest BCUT2D eigenvalue weighted by Crippen LogP contribution is -2.31. The summed E-state index contributed by atoms with van der Waals surface area (Å²) in [4.78, 5) is 11.6. The molecule has 0 amide bonds. The fraction of sp³-hybridized carbons (Fsp3) is 0.600. The topological polar surface area (TPSA) is 113 Å². The van der Waals surface area contributed by atoms with E-state index in [0.29, 0.717) is 6.42 Å². The summed E-state index contributed by atoms with van der Waals surface area (Å²) >= 11 is 0. The van der Waals surface area contributed by atoms with E-state index in [-0.39, 0.29) is 30.3 Å². The molecule has 0 saturated carbocycles. The fourth-order valence-electron chi connectivity index (χ4n) is 1.88. The molecule has 2 rings (SSSR count). The van der Waals surface area contributed by atoms with Gasteiger partial charge in [0, 0.05) is 13.1 Å². The lowest BCUT2D eigenvalue weighted by Gasteiger charge is -2.14. The van der Waals surface area contributed by atoms with Gasteiger partial charge in [-0.3, -0.25) is 5.10 Å². The maximum Gasteiger partial charge on any atom is 0.342 e. The molecule has 1 saturated heterocycles. The summed E-state index contributed by atoms with van der Waals surface area (Å²) in [6, 6.07) is 0. The van der Waals surface area contributed by atoms with Crippen LogP contribution in [0.3, 0.4) is 0 Å². The molecular weight excluding hydrogens is 274 g/mol. The van der Waals surface area contributed by atoms with Crippen LogP contribution in [0, 0.1) is 0 Å². The minimum atomic E-state index is -3.87. The van der Waals surface area contributed by atoms with Crippen LogP contribution in [0.1, 0.15) is 23.7 Å². The molecule has 1 aliphatic rings. The summed E-state index contributed by atoms with van der Waals surface area (Å²) in [5.74, 6) is -0.741. The number of hydrogen-bond acceptors (Lipinski definition) is 6. The van der Waals surface area contributed by atoms with Crippen molar-refractivity contribution in [3.05, 3.63) is 11.8 Å². The number of β-amino-alcohol motifs (C(OH)–C–C–N with tert-alkyl or cyclic N) is 1. The zero-order valence-corrected chi connectivity index (χ0v) is 11.2. The molecule has 1 fully saturated rings. The van der Waals surface area contributed by atoms with Crippen molar-refractivity contribution in [1.29, 1.82) is 0 Å². The van der Waals surface area contributed by atoms with Gasteiger partial charge in [0.05, 0.1) is 18.9 Å². The maximum absolute atomic E-state index is 12.3. The standard InChI is InChI=1S/C10H15N3O5S/c1-2-18-10(15)8-5-11-12-9(8)19(16,17)13-4-3-7(14)6-13/h5,7,14H,2-4,6H2,1H3,(H,11,12)/t7-/m1/s1. The monoisotopic (exact) mass is 289 g/mol. The van der Waals surface area contributed by atoms with Crippen LogP contribution >= 0.6 is 0 Å². The third-order valence-electron chi connectivity index (χ3n) is 2.82. The molecule has 106 valence electrons. The van der Waals surface area contributed by atoms with Gasteiger partial charge in [-0.1, -0.05) is 0 Å². The average molecular weight is 289 g/mol. The molecule has 1 aromatic rings. The Labute approximate surface area is 110 Å². The van der Waals surface area contributed by atoms with Crippen LogP contribution < -0.4 is 0 Å². The lowest BCUT2D eigenvalue weighted by atomic mass is 10.3. The van der Waals surface area contributed by atoms with Gasteiger partial charge in [-0.25, -0.2) is 13.2 Å². The van der Waals surface area contributed by atoms with Gasteiger partial charge >= 0.3 is 5.97 Å². The highest BCUT2D eigenvalue weighted by Gasteiger charge is 2.35. The highest BCUT2D eigenvalue weighted by molar-refractivity contribution is 7.89. The Morgan fingerprint density at radius 1 is 1.68 bits per heavy atom. The van der Waals surface area contributed by atoms with Gasteiger partial charge in [-0.05, 0) is 13.3 Å². The summed E-state index contributed by atoms with van der Waals surface area (Å²) < 4.78 is 30.5. The Balaban J connectivity index is 2.31. The molecule has 1 atom stereocenters. The predicted octanol–water partition coefficient (Wildman–Crippen LogP) is -0.658. The van der Waals surface area contributed by atoms with E-state index in [1.165, 1.54) is 0 Å². The van der Waals surface area contributed by atoms with E-state index in [1.807, 2.05) is 0 Å². The fourth-order valence-corrected chi connectivity index (χ4v) is 3.44. The van der Waals surface area contributed by atoms with Crippen molar-refractivity contribution < 1.29 is 23.1 Å². The van der Waals surface area contributed by atoms with Crippen LogP contribution in [-0.2, 0) is 14.8 Å². The molecule has 1 aromatic heterocycles. The lowest BCUT2D eigenvalue weighted by molar-refractivity contribution is 0.0521. The van der Waals surface area contributed by atoms with E-state index >= 15 is 0 Å². The number of aromatic nitrogens is 2. The van der Waals surface area contributed by atoms with Crippen LogP contribution in [0.15, 0.2) is 11.2 Å². The van der Waals surface area contributed by atoms with Crippen LogP contribution in [-0.4, -0.2) is 59.8 Å². The number of nitrogens with zero attached hydrogens (tertiary/aromatic N) is 2. The molecule has 8 nitrogen and oxygen atoms in total. The molecule has 2 N–H and O–H groups in total. The SMILES string of the molecule is CCOC(=O)c1cn[nH]c1S(=O)(=O)N1CC[C@@H](O)C1. The number of esters is 1. The predicted molar refractivity (Wildman–Crippen MR) is 63.9 cm³/mol. The van der Waals surface area contributed by atoms with Gasteiger partial charge in [0.2, 0.25) is 0 Å². The number of nitrogens with one attached hydrogen (secondary N) is 1. The maximum atomic E-state index is 12.3. The van der Waals surface area contributed by atoms with Crippen LogP contribution in [0.2, 0.25) is 0 Å². The minimum Gasteiger partial charge on any atom is -0.462 e. The van der Waals surface area contributed by atoms with Crippen molar-refractivity contribution >= 4 is 16.0 Å². The first kappa shape index (κ1) is 14.0. The van der Waals surface area contributed by atoms with Gasteiger partial charge < -0.3 is 9.84 Å². The number of aliphatic hydroxyl groups excluding tert-OH is 1. The van der Waals surface area contributed by atoms with Crippen molar-refractivity contribution in [2.45, 2.75) is 24.5 Å². The molecule has 0 aromatic carbocycles. The van der Waals surface area contributed by atoms with E-state index < -0.39 is 22.1 Å². The van der Waals surface area contributed by atoms with Gasteiger partial charge in [0.25, 0.3) is 10.0 Å². The number of rotatable bonds is 4. The van der Waals surface area contributed by atoms with Crippen LogP contribution in [0.4, 0.5) is 0 Å². The molecule has 0 spiro atoms. The second-order valence-electron chi connectivity index (χ2n) is 4.14. The van der Waals surface area contributed by atoms with Crippen molar-refractivity contribution in [3.8, 4) is 0 Å². The summed E-state index contributed by atoms with van der Waals surface area (Å²) in [6.07, 6.45) is 0.822. The minimum absolute atomic E-state index is 0.0175. The quantitative estimate of drug-likeness (QED) is 0.712. The first-order valence-electron chi connectivity index (χ1n) is 5.85. The number of aliphatic hydroxyl groups is 1. The molecule has 0 unspecified atom stereocenters. The Morgan fingerprint density at radius 2 is 2.42 bits per heavy atom. The van der Waals surface area contributed by atoms with Crippen molar-refractivity contribution in [2.24, 2.45) is 0 Å². The van der Waals surface area contributed by atoms with E-state index in [4.69, 9.17) is 4.74 Å². The summed E-state index contributed by atoms with van der Waals surface area (Å²) in [5, 5.41) is 15.0. The van der Waals surface area contributed by atoms with E-state index in [9.17, 15) is 18.3 Å². The van der Waals surface area contributed by atoms with Gasteiger partial charge in [-0.15, -0.1) is 0 Å². The molecule has 19 heavy (non-hydrogen) atoms. The number of H-pyrrole nitrogens is 1. The molecule has 0 aliphatic carbocycles. The van der Waals surface area contributed by atoms with Gasteiger partial charge in [0.15, 0.2) is 5.03 Å². The zero-order valence-electron chi connectivity index (χ0n) is 10.4. The second kappa shape index (κ2) is 5.27. The molecule has 0 bridgehead atoms. The van der Waals surface area contributed by atoms with Crippen LogP contribution in [0.5, 0.6) is 0 Å². The summed E-state index contributed by atoms with van der Waals surface area (Å²) in [5.41, 5.74) is -0.122. The number of hydrogen-bond donors (Lipinski definition) is 2. The first-order chi connectivity index (χ1) is 8.96. The third-order valence-corrected chi connectivity index (χ3v) is 4.66. The highest BCUT2D eigenvalue weighted by Crippen LogP contribution is 2.22. The second-order valence-corrected chi connectivity index (χ2v) is 6.01. The van der Waals surface area contributed by atoms with Crippen molar-refractivity contribution in [3.63, 3.8) is 0 Å². The smallest absolute Gasteiger partial charge is 0.342 e. The molecule has 1 aliphatic heterocycles. The average Bonchev–Trinajstić information content (AvgIpc) is 2.97. The summed E-state index contributed by atoms with van der Waals surface area (Å²) in [6.45, 7) is 2.00. The largest absolute Gasteiger partial charge is 0.462 e.